The fourth-order valence-corrected chi connectivity index (χ4v) is 5.52. The highest BCUT2D eigenvalue weighted by atomic mass is 32.2. The van der Waals surface area contributed by atoms with Crippen LogP contribution in [0.2, 0.25) is 0 Å². The largest absolute Gasteiger partial charge is 0.493 e. The minimum Gasteiger partial charge on any atom is -0.493 e. The van der Waals surface area contributed by atoms with E-state index in [2.05, 4.69) is 0 Å². The molecule has 0 saturated carbocycles. The van der Waals surface area contributed by atoms with Gasteiger partial charge < -0.3 is 19.1 Å². The molecule has 2 aromatic rings. The fraction of sp³-hybridized carbons (Fsp3) is 0.435. The summed E-state index contributed by atoms with van der Waals surface area (Å²) in [5.74, 6) is -1.35. The van der Waals surface area contributed by atoms with Gasteiger partial charge in [-0.3, -0.25) is 10.0 Å². The van der Waals surface area contributed by atoms with E-state index in [0.29, 0.717) is 12.3 Å². The lowest BCUT2D eigenvalue weighted by atomic mass is 10.1. The lowest BCUT2D eigenvalue weighted by molar-refractivity contribution is 0.0698. The number of amides is 1. The van der Waals surface area contributed by atoms with E-state index in [0.717, 1.165) is 12.8 Å². The Hall–Kier alpha value is -3.09. The number of anilines is 1. The Morgan fingerprint density at radius 1 is 1.09 bits per heavy atom. The number of unbranched alkanes of at least 4 members (excludes halogenated alkanes) is 1. The number of hydroxylamine groups is 1. The number of piperazine rings is 1. The van der Waals surface area contributed by atoms with Gasteiger partial charge in [0.05, 0.1) is 31.4 Å². The topological polar surface area (TPSA) is 118 Å². The molecule has 35 heavy (non-hydrogen) atoms. The van der Waals surface area contributed by atoms with Crippen LogP contribution in [0.3, 0.4) is 0 Å². The minimum absolute atomic E-state index is 0.0851. The van der Waals surface area contributed by atoms with Crippen molar-refractivity contribution in [1.29, 1.82) is 0 Å². The number of sulfonamides is 1. The zero-order valence-corrected chi connectivity index (χ0v) is 20.7. The summed E-state index contributed by atoms with van der Waals surface area (Å²) in [5, 5.41) is 9.21. The maximum Gasteiger partial charge on any atom is 0.279 e. The van der Waals surface area contributed by atoms with Crippen LogP contribution in [-0.2, 0) is 10.0 Å². The van der Waals surface area contributed by atoms with Crippen LogP contribution in [0.1, 0.15) is 30.1 Å². The van der Waals surface area contributed by atoms with E-state index < -0.39 is 21.7 Å². The van der Waals surface area contributed by atoms with Crippen LogP contribution in [0.15, 0.2) is 35.2 Å². The highest BCUT2D eigenvalue weighted by Crippen LogP contribution is 2.37. The number of benzene rings is 2. The van der Waals surface area contributed by atoms with Crippen molar-refractivity contribution >= 4 is 21.6 Å². The standard InChI is InChI=1S/C23H30FN3O7S/c1-4-5-15-34-21-16(24)7-6-8-17(21)26-11-13-27(14-12-26)35(30,31)19-10-9-18(32-2)22(33-3)20(19)23(28)25-29/h6-10,29H,4-5,11-15H2,1-3H3,(H,25,28). The Morgan fingerprint density at radius 2 is 1.80 bits per heavy atom. The molecule has 1 aliphatic heterocycles. The summed E-state index contributed by atoms with van der Waals surface area (Å²) >= 11 is 0. The van der Waals surface area contributed by atoms with E-state index in [1.807, 2.05) is 11.8 Å². The molecule has 0 unspecified atom stereocenters. The van der Waals surface area contributed by atoms with Crippen molar-refractivity contribution in [3.63, 3.8) is 0 Å². The first-order valence-electron chi connectivity index (χ1n) is 11.2. The molecule has 12 heteroatoms. The zero-order valence-electron chi connectivity index (χ0n) is 19.9. The van der Waals surface area contributed by atoms with Gasteiger partial charge >= 0.3 is 0 Å². The molecular weight excluding hydrogens is 481 g/mol. The van der Waals surface area contributed by atoms with Crippen LogP contribution in [0.25, 0.3) is 0 Å². The highest BCUT2D eigenvalue weighted by molar-refractivity contribution is 7.89. The first kappa shape index (κ1) is 26.5. The summed E-state index contributed by atoms with van der Waals surface area (Å²) in [7, 11) is -1.54. The van der Waals surface area contributed by atoms with Gasteiger partial charge in [0.25, 0.3) is 5.91 Å². The van der Waals surface area contributed by atoms with Gasteiger partial charge in [0.1, 0.15) is 5.56 Å². The van der Waals surface area contributed by atoms with Gasteiger partial charge in [0.15, 0.2) is 23.1 Å². The average Bonchev–Trinajstić information content (AvgIpc) is 2.88. The zero-order chi connectivity index (χ0) is 25.6. The van der Waals surface area contributed by atoms with Crippen LogP contribution in [0, 0.1) is 5.82 Å². The van der Waals surface area contributed by atoms with Gasteiger partial charge in [0.2, 0.25) is 10.0 Å². The Bertz CT molecular complexity index is 1150. The number of para-hydroxylation sites is 1. The molecule has 2 aromatic carbocycles. The molecule has 0 radical (unpaired) electrons. The summed E-state index contributed by atoms with van der Waals surface area (Å²) < 4.78 is 58.8. The third-order valence-corrected chi connectivity index (χ3v) is 7.66. The van der Waals surface area contributed by atoms with E-state index in [-0.39, 0.29) is 53.9 Å². The average molecular weight is 512 g/mol. The normalized spacial score (nSPS) is 14.5. The third kappa shape index (κ3) is 5.44. The van der Waals surface area contributed by atoms with Gasteiger partial charge in [-0.05, 0) is 30.7 Å². The first-order valence-corrected chi connectivity index (χ1v) is 12.6. The van der Waals surface area contributed by atoms with Crippen LogP contribution >= 0.6 is 0 Å². The molecule has 2 N–H and O–H groups in total. The lowest BCUT2D eigenvalue weighted by Gasteiger charge is -2.36. The van der Waals surface area contributed by atoms with Crippen LogP contribution in [0.5, 0.6) is 17.2 Å². The highest BCUT2D eigenvalue weighted by Gasteiger charge is 2.35. The molecule has 3 rings (SSSR count). The van der Waals surface area contributed by atoms with Gasteiger partial charge in [-0.15, -0.1) is 0 Å². The third-order valence-electron chi connectivity index (χ3n) is 5.72. The second-order valence-corrected chi connectivity index (χ2v) is 9.70. The number of hydrogen-bond donors (Lipinski definition) is 2. The SMILES string of the molecule is CCCCOc1c(F)cccc1N1CCN(S(=O)(=O)c2ccc(OC)c(OC)c2C(=O)NO)CC1. The molecule has 1 aliphatic rings. The predicted molar refractivity (Wildman–Crippen MR) is 127 cm³/mol. The van der Waals surface area contributed by atoms with Crippen molar-refractivity contribution in [2.75, 3.05) is 51.9 Å². The van der Waals surface area contributed by atoms with Crippen molar-refractivity contribution < 1.29 is 37.0 Å². The van der Waals surface area contributed by atoms with Gasteiger partial charge in [-0.1, -0.05) is 19.4 Å². The van der Waals surface area contributed by atoms with Gasteiger partial charge in [0, 0.05) is 26.2 Å². The maximum atomic E-state index is 14.5. The number of rotatable bonds is 10. The molecule has 0 aromatic heterocycles. The second-order valence-electron chi connectivity index (χ2n) is 7.80. The number of nitrogens with zero attached hydrogens (tertiary/aromatic N) is 2. The first-order chi connectivity index (χ1) is 16.8. The van der Waals surface area contributed by atoms with Crippen molar-refractivity contribution in [2.24, 2.45) is 0 Å². The van der Waals surface area contributed by atoms with Crippen LogP contribution in [0.4, 0.5) is 10.1 Å². The number of nitrogens with one attached hydrogen (secondary N) is 1. The van der Waals surface area contributed by atoms with Crippen LogP contribution < -0.4 is 24.6 Å². The number of ether oxygens (including phenoxy) is 3. The smallest absolute Gasteiger partial charge is 0.279 e. The molecule has 0 aliphatic carbocycles. The van der Waals surface area contributed by atoms with E-state index >= 15 is 0 Å². The molecule has 10 nitrogen and oxygen atoms in total. The number of carbonyl (C=O) groups is 1. The molecule has 192 valence electrons. The quantitative estimate of drug-likeness (QED) is 0.284. The van der Waals surface area contributed by atoms with Gasteiger partial charge in [-0.25, -0.2) is 18.3 Å². The molecule has 0 atom stereocenters. The number of halogens is 1. The Balaban J connectivity index is 1.87. The second kappa shape index (κ2) is 11.6. The number of carbonyl (C=O) groups excluding carboxylic acids is 1. The molecule has 0 bridgehead atoms. The minimum atomic E-state index is -4.15. The van der Waals surface area contributed by atoms with Crippen LogP contribution in [-0.4, -0.2) is 70.8 Å². The van der Waals surface area contributed by atoms with E-state index in [9.17, 15) is 22.8 Å². The molecule has 1 fully saturated rings. The van der Waals surface area contributed by atoms with Crippen molar-refractivity contribution in [1.82, 2.24) is 9.79 Å². The number of hydrogen-bond acceptors (Lipinski definition) is 8. The van der Waals surface area contributed by atoms with Crippen molar-refractivity contribution in [2.45, 2.75) is 24.7 Å². The summed E-state index contributed by atoms with van der Waals surface area (Å²) in [5.41, 5.74) is 1.66. The Morgan fingerprint density at radius 3 is 2.40 bits per heavy atom. The predicted octanol–water partition coefficient (Wildman–Crippen LogP) is 2.65. The van der Waals surface area contributed by atoms with Crippen molar-refractivity contribution in [3.8, 4) is 17.2 Å². The summed E-state index contributed by atoms with van der Waals surface area (Å²) in [6.07, 6.45) is 1.70. The monoisotopic (exact) mass is 511 g/mol. The van der Waals surface area contributed by atoms with Gasteiger partial charge in [-0.2, -0.15) is 4.31 Å². The molecule has 1 amide bonds. The summed E-state index contributed by atoms with van der Waals surface area (Å²) in [4.78, 5) is 13.9. The Kier molecular flexibility index (Phi) is 8.76. The van der Waals surface area contributed by atoms with Crippen molar-refractivity contribution in [3.05, 3.63) is 41.7 Å². The summed E-state index contributed by atoms with van der Waals surface area (Å²) in [6, 6.07) is 7.27. The molecule has 0 spiro atoms. The molecular formula is C23H30FN3O7S. The molecule has 1 heterocycles. The van der Waals surface area contributed by atoms with E-state index in [1.54, 1.807) is 12.1 Å². The fourth-order valence-electron chi connectivity index (χ4n) is 3.91. The Labute approximate surface area is 204 Å². The van der Waals surface area contributed by atoms with E-state index in [1.165, 1.54) is 42.2 Å². The molecule has 1 saturated heterocycles. The maximum absolute atomic E-state index is 14.5. The number of methoxy groups -OCH3 is 2. The lowest BCUT2D eigenvalue weighted by Crippen LogP contribution is -2.49. The van der Waals surface area contributed by atoms with E-state index in [4.69, 9.17) is 14.2 Å². The summed E-state index contributed by atoms with van der Waals surface area (Å²) in [6.45, 7) is 3.12.